The number of rotatable bonds is 5. The van der Waals surface area contributed by atoms with Crippen molar-refractivity contribution in [2.75, 3.05) is 13.6 Å². The van der Waals surface area contributed by atoms with Gasteiger partial charge in [0.25, 0.3) is 0 Å². The van der Waals surface area contributed by atoms with Gasteiger partial charge in [0.05, 0.1) is 0 Å². The van der Waals surface area contributed by atoms with Gasteiger partial charge in [0, 0.05) is 31.0 Å². The molecule has 0 aromatic carbocycles. The minimum absolute atomic E-state index is 0.607. The van der Waals surface area contributed by atoms with Crippen LogP contribution >= 0.6 is 0 Å². The van der Waals surface area contributed by atoms with Crippen molar-refractivity contribution in [3.63, 3.8) is 0 Å². The molecule has 3 heteroatoms. The van der Waals surface area contributed by atoms with Gasteiger partial charge in [-0.15, -0.1) is 0 Å². The summed E-state index contributed by atoms with van der Waals surface area (Å²) in [7, 11) is 2.11. The maximum Gasteiger partial charge on any atom is 0.0278 e. The highest BCUT2D eigenvalue weighted by Crippen LogP contribution is 2.32. The van der Waals surface area contributed by atoms with Crippen molar-refractivity contribution in [2.45, 2.75) is 52.2 Å². The van der Waals surface area contributed by atoms with E-state index in [4.69, 9.17) is 0 Å². The van der Waals surface area contributed by atoms with Crippen LogP contribution in [0.15, 0.2) is 24.5 Å². The molecule has 4 unspecified atom stereocenters. The van der Waals surface area contributed by atoms with Crippen LogP contribution in [0.3, 0.4) is 0 Å². The molecule has 0 aliphatic heterocycles. The number of nitrogens with one attached hydrogen (secondary N) is 1. The minimum Gasteiger partial charge on any atom is -0.315 e. The van der Waals surface area contributed by atoms with Crippen molar-refractivity contribution in [1.29, 1.82) is 0 Å². The Bertz CT molecular complexity index is 392. The molecule has 1 fully saturated rings. The van der Waals surface area contributed by atoms with Crippen LogP contribution in [0.4, 0.5) is 0 Å². The first-order valence-corrected chi connectivity index (χ1v) is 7.95. The second-order valence-corrected chi connectivity index (χ2v) is 6.36. The minimum atomic E-state index is 0.607. The number of aromatic nitrogens is 1. The molecule has 3 nitrogen and oxygen atoms in total. The summed E-state index contributed by atoms with van der Waals surface area (Å²) in [6.45, 7) is 9.21. The topological polar surface area (TPSA) is 28.2 Å². The molecule has 0 amide bonds. The number of hydrogen-bond donors (Lipinski definition) is 1. The van der Waals surface area contributed by atoms with Crippen LogP contribution in [0.25, 0.3) is 0 Å². The fraction of sp³-hybridized carbons (Fsp3) is 0.706. The first kappa shape index (κ1) is 15.5. The Hall–Kier alpha value is -0.930. The molecule has 1 saturated carbocycles. The second-order valence-electron chi connectivity index (χ2n) is 6.36. The molecule has 0 bridgehead atoms. The van der Waals surface area contributed by atoms with Crippen LogP contribution in [0, 0.1) is 11.8 Å². The predicted molar refractivity (Wildman–Crippen MR) is 84.5 cm³/mol. The van der Waals surface area contributed by atoms with Crippen molar-refractivity contribution >= 4 is 0 Å². The molecule has 1 aliphatic rings. The first-order chi connectivity index (χ1) is 9.65. The van der Waals surface area contributed by atoms with Gasteiger partial charge in [-0.1, -0.05) is 20.8 Å². The van der Waals surface area contributed by atoms with Crippen molar-refractivity contribution in [2.24, 2.45) is 11.8 Å². The third-order valence-corrected chi connectivity index (χ3v) is 4.76. The van der Waals surface area contributed by atoms with E-state index in [1.54, 1.807) is 0 Å². The lowest BCUT2D eigenvalue weighted by atomic mass is 9.75. The van der Waals surface area contributed by atoms with Gasteiger partial charge < -0.3 is 5.32 Å². The van der Waals surface area contributed by atoms with Crippen LogP contribution in [-0.4, -0.2) is 35.6 Å². The molecule has 1 heterocycles. The number of pyridine rings is 1. The SMILES string of the molecule is CCN(Cc1ccncc1)C1C(C)CC(C)CC1NC. The molecule has 20 heavy (non-hydrogen) atoms. The molecule has 0 spiro atoms. The fourth-order valence-electron chi connectivity index (χ4n) is 3.89. The average Bonchev–Trinajstić information content (AvgIpc) is 2.45. The maximum absolute atomic E-state index is 4.12. The highest BCUT2D eigenvalue weighted by molar-refractivity contribution is 5.10. The van der Waals surface area contributed by atoms with E-state index < -0.39 is 0 Å². The first-order valence-electron chi connectivity index (χ1n) is 7.95. The largest absolute Gasteiger partial charge is 0.315 e. The summed E-state index contributed by atoms with van der Waals surface area (Å²) in [5.74, 6) is 1.58. The van der Waals surface area contributed by atoms with E-state index in [0.717, 1.165) is 24.9 Å². The van der Waals surface area contributed by atoms with Gasteiger partial charge in [0.15, 0.2) is 0 Å². The Morgan fingerprint density at radius 3 is 2.55 bits per heavy atom. The summed E-state index contributed by atoms with van der Waals surface area (Å²) in [4.78, 5) is 6.75. The smallest absolute Gasteiger partial charge is 0.0278 e. The Morgan fingerprint density at radius 2 is 1.95 bits per heavy atom. The maximum atomic E-state index is 4.12. The van der Waals surface area contributed by atoms with Gasteiger partial charge in [0.2, 0.25) is 0 Å². The van der Waals surface area contributed by atoms with E-state index in [1.165, 1.54) is 18.4 Å². The van der Waals surface area contributed by atoms with Gasteiger partial charge in [-0.2, -0.15) is 0 Å². The van der Waals surface area contributed by atoms with E-state index >= 15 is 0 Å². The molecule has 1 aliphatic carbocycles. The predicted octanol–water partition coefficient (Wildman–Crippen LogP) is 2.93. The number of nitrogens with zero attached hydrogens (tertiary/aromatic N) is 2. The molecule has 0 saturated heterocycles. The summed E-state index contributed by atoms with van der Waals surface area (Å²) >= 11 is 0. The van der Waals surface area contributed by atoms with E-state index in [0.29, 0.717) is 12.1 Å². The summed E-state index contributed by atoms with van der Waals surface area (Å²) in [6.07, 6.45) is 6.42. The number of likely N-dealkylation sites (N-methyl/N-ethyl adjacent to an activating group) is 2. The molecular formula is C17H29N3. The third-order valence-electron chi connectivity index (χ3n) is 4.76. The van der Waals surface area contributed by atoms with Crippen molar-refractivity contribution < 1.29 is 0 Å². The van der Waals surface area contributed by atoms with E-state index in [2.05, 4.69) is 55.2 Å². The van der Waals surface area contributed by atoms with Gasteiger partial charge in [0.1, 0.15) is 0 Å². The van der Waals surface area contributed by atoms with E-state index in [-0.39, 0.29) is 0 Å². The van der Waals surface area contributed by atoms with Gasteiger partial charge in [-0.25, -0.2) is 0 Å². The highest BCUT2D eigenvalue weighted by Gasteiger charge is 2.36. The average molecular weight is 275 g/mol. The Morgan fingerprint density at radius 1 is 1.25 bits per heavy atom. The molecule has 4 atom stereocenters. The third kappa shape index (κ3) is 3.58. The lowest BCUT2D eigenvalue weighted by Crippen LogP contribution is -2.55. The van der Waals surface area contributed by atoms with E-state index in [1.807, 2.05) is 12.4 Å². The molecule has 1 aromatic heterocycles. The zero-order chi connectivity index (χ0) is 14.5. The lowest BCUT2D eigenvalue weighted by Gasteiger charge is -2.45. The molecule has 2 rings (SSSR count). The lowest BCUT2D eigenvalue weighted by molar-refractivity contribution is 0.0623. The normalized spacial score (nSPS) is 30.6. The van der Waals surface area contributed by atoms with Crippen LogP contribution in [0.2, 0.25) is 0 Å². The van der Waals surface area contributed by atoms with Crippen molar-refractivity contribution in [3.8, 4) is 0 Å². The zero-order valence-corrected chi connectivity index (χ0v) is 13.3. The molecular weight excluding hydrogens is 246 g/mol. The quantitative estimate of drug-likeness (QED) is 0.895. The molecule has 0 radical (unpaired) electrons. The zero-order valence-electron chi connectivity index (χ0n) is 13.3. The van der Waals surface area contributed by atoms with Crippen molar-refractivity contribution in [1.82, 2.24) is 15.2 Å². The monoisotopic (exact) mass is 275 g/mol. The van der Waals surface area contributed by atoms with Crippen molar-refractivity contribution in [3.05, 3.63) is 30.1 Å². The molecule has 1 aromatic rings. The standard InChI is InChI=1S/C17H29N3/c1-5-20(12-15-6-8-19-9-7-15)17-14(3)10-13(2)11-16(17)18-4/h6-9,13-14,16-18H,5,10-12H2,1-4H3. The van der Waals surface area contributed by atoms with E-state index in [9.17, 15) is 0 Å². The van der Waals surface area contributed by atoms with Gasteiger partial charge >= 0.3 is 0 Å². The van der Waals surface area contributed by atoms with Crippen LogP contribution < -0.4 is 5.32 Å². The van der Waals surface area contributed by atoms with Crippen LogP contribution in [0.1, 0.15) is 39.2 Å². The highest BCUT2D eigenvalue weighted by atomic mass is 15.2. The Balaban J connectivity index is 2.12. The second kappa shape index (κ2) is 7.19. The Kier molecular flexibility index (Phi) is 5.55. The number of hydrogen-bond acceptors (Lipinski definition) is 3. The van der Waals surface area contributed by atoms with Gasteiger partial charge in [-0.05, 0) is 56.0 Å². The van der Waals surface area contributed by atoms with Gasteiger partial charge in [-0.3, -0.25) is 9.88 Å². The van der Waals surface area contributed by atoms with Crippen LogP contribution in [0.5, 0.6) is 0 Å². The molecule has 112 valence electrons. The summed E-state index contributed by atoms with van der Waals surface area (Å²) < 4.78 is 0. The Labute approximate surface area is 123 Å². The summed E-state index contributed by atoms with van der Waals surface area (Å²) in [5, 5.41) is 3.56. The fourth-order valence-corrected chi connectivity index (χ4v) is 3.89. The summed E-state index contributed by atoms with van der Waals surface area (Å²) in [6, 6.07) is 5.50. The van der Waals surface area contributed by atoms with Crippen LogP contribution in [-0.2, 0) is 6.54 Å². The summed E-state index contributed by atoms with van der Waals surface area (Å²) in [5.41, 5.74) is 1.36. The molecule has 1 N–H and O–H groups in total.